The molecular weight excluding hydrogens is 239 g/mol. The zero-order valence-corrected chi connectivity index (χ0v) is 10.7. The molecule has 2 nitrogen and oxygen atoms in total. The van der Waals surface area contributed by atoms with Gasteiger partial charge >= 0.3 is 0 Å². The highest BCUT2D eigenvalue weighted by molar-refractivity contribution is 5.56. The number of nitrogens with one attached hydrogen (secondary N) is 1. The Hall–Kier alpha value is -2.03. The molecule has 0 radical (unpaired) electrons. The zero-order valence-electron chi connectivity index (χ0n) is 10.7. The molecule has 1 atom stereocenters. The highest BCUT2D eigenvalue weighted by atomic mass is 19.1. The number of hydrogen-bond donors (Lipinski definition) is 2. The van der Waals surface area contributed by atoms with Crippen molar-refractivity contribution in [1.29, 1.82) is 0 Å². The van der Waals surface area contributed by atoms with Crippen molar-refractivity contribution >= 4 is 11.4 Å². The molecule has 0 aromatic heterocycles. The summed E-state index contributed by atoms with van der Waals surface area (Å²) in [6.07, 6.45) is 3.34. The number of fused-ring (bicyclic) bond motifs is 1. The van der Waals surface area contributed by atoms with Crippen LogP contribution in [0.3, 0.4) is 0 Å². The first kappa shape index (κ1) is 12.0. The maximum atomic E-state index is 13.4. The normalized spacial score (nSPS) is 17.8. The number of aryl methyl sites for hydroxylation is 1. The Kier molecular flexibility index (Phi) is 3.11. The summed E-state index contributed by atoms with van der Waals surface area (Å²) in [5.41, 5.74) is 9.58. The van der Waals surface area contributed by atoms with Crippen LogP contribution in [0.5, 0.6) is 0 Å². The third-order valence-corrected chi connectivity index (χ3v) is 3.63. The average Bonchev–Trinajstić information content (AvgIpc) is 2.38. The predicted octanol–water partition coefficient (Wildman–Crippen LogP) is 3.90. The van der Waals surface area contributed by atoms with Gasteiger partial charge in [0, 0.05) is 11.4 Å². The van der Waals surface area contributed by atoms with E-state index < -0.39 is 0 Å². The Labute approximate surface area is 112 Å². The number of hydrogen-bond acceptors (Lipinski definition) is 2. The molecule has 0 spiro atoms. The highest BCUT2D eigenvalue weighted by Crippen LogP contribution is 2.32. The van der Waals surface area contributed by atoms with Gasteiger partial charge < -0.3 is 11.1 Å². The molecule has 3 rings (SSSR count). The summed E-state index contributed by atoms with van der Waals surface area (Å²) in [6, 6.07) is 13.3. The summed E-state index contributed by atoms with van der Waals surface area (Å²) in [4.78, 5) is 0. The third kappa shape index (κ3) is 2.55. The lowest BCUT2D eigenvalue weighted by Gasteiger charge is -2.27. The van der Waals surface area contributed by atoms with E-state index in [1.807, 2.05) is 0 Å². The lowest BCUT2D eigenvalue weighted by atomic mass is 9.87. The van der Waals surface area contributed by atoms with Gasteiger partial charge in [-0.05, 0) is 48.6 Å². The number of rotatable bonds is 2. The van der Waals surface area contributed by atoms with Crippen molar-refractivity contribution in [2.75, 3.05) is 11.1 Å². The third-order valence-electron chi connectivity index (χ3n) is 3.63. The summed E-state index contributed by atoms with van der Waals surface area (Å²) < 4.78 is 13.4. The van der Waals surface area contributed by atoms with Crippen LogP contribution in [0.1, 0.15) is 30.0 Å². The number of nitrogen functional groups attached to an aromatic ring is 1. The van der Waals surface area contributed by atoms with Gasteiger partial charge in [-0.3, -0.25) is 0 Å². The van der Waals surface area contributed by atoms with E-state index in [0.29, 0.717) is 5.69 Å². The van der Waals surface area contributed by atoms with Crippen LogP contribution < -0.4 is 11.1 Å². The number of anilines is 2. The molecular formula is C16H17FN2. The van der Waals surface area contributed by atoms with Crippen LogP contribution in [0.2, 0.25) is 0 Å². The standard InChI is InChI=1S/C16H17FN2/c17-12-8-13(18)10-14(9-12)19-16-7-3-5-11-4-1-2-6-15(11)16/h1-2,4,6,8-10,16,19H,3,5,7,18H2. The Morgan fingerprint density at radius 3 is 2.84 bits per heavy atom. The van der Waals surface area contributed by atoms with Crippen LogP contribution in [0.25, 0.3) is 0 Å². The van der Waals surface area contributed by atoms with Crippen LogP contribution in [0.4, 0.5) is 15.8 Å². The molecule has 0 bridgehead atoms. The molecule has 3 heteroatoms. The maximum absolute atomic E-state index is 13.4. The first-order valence-corrected chi connectivity index (χ1v) is 6.63. The molecule has 0 fully saturated rings. The molecule has 0 saturated heterocycles. The fourth-order valence-corrected chi connectivity index (χ4v) is 2.80. The Bertz CT molecular complexity index is 575. The van der Waals surface area contributed by atoms with E-state index in [0.717, 1.165) is 24.9 Å². The molecule has 2 aromatic rings. The van der Waals surface area contributed by atoms with E-state index >= 15 is 0 Å². The molecule has 1 aliphatic carbocycles. The summed E-state index contributed by atoms with van der Waals surface area (Å²) in [7, 11) is 0. The van der Waals surface area contributed by atoms with Gasteiger partial charge in [0.05, 0.1) is 6.04 Å². The molecule has 1 unspecified atom stereocenters. The highest BCUT2D eigenvalue weighted by Gasteiger charge is 2.19. The molecule has 19 heavy (non-hydrogen) atoms. The van der Waals surface area contributed by atoms with Crippen molar-refractivity contribution in [2.24, 2.45) is 0 Å². The number of benzene rings is 2. The minimum atomic E-state index is -0.299. The van der Waals surface area contributed by atoms with Crippen molar-refractivity contribution in [2.45, 2.75) is 25.3 Å². The fourth-order valence-electron chi connectivity index (χ4n) is 2.80. The van der Waals surface area contributed by atoms with E-state index in [4.69, 9.17) is 5.73 Å². The Morgan fingerprint density at radius 1 is 1.16 bits per heavy atom. The van der Waals surface area contributed by atoms with E-state index in [1.165, 1.54) is 23.3 Å². The molecule has 0 aliphatic heterocycles. The van der Waals surface area contributed by atoms with Gasteiger partial charge in [0.2, 0.25) is 0 Å². The van der Waals surface area contributed by atoms with E-state index in [1.54, 1.807) is 6.07 Å². The number of halogens is 1. The summed E-state index contributed by atoms with van der Waals surface area (Å²) >= 11 is 0. The summed E-state index contributed by atoms with van der Waals surface area (Å²) in [5.74, 6) is -0.299. The largest absolute Gasteiger partial charge is 0.399 e. The van der Waals surface area contributed by atoms with E-state index in [2.05, 4.69) is 29.6 Å². The zero-order chi connectivity index (χ0) is 13.2. The van der Waals surface area contributed by atoms with Crippen molar-refractivity contribution in [1.82, 2.24) is 0 Å². The van der Waals surface area contributed by atoms with Gasteiger partial charge in [0.15, 0.2) is 0 Å². The van der Waals surface area contributed by atoms with Gasteiger partial charge in [0.1, 0.15) is 5.82 Å². The second kappa shape index (κ2) is 4.92. The minimum Gasteiger partial charge on any atom is -0.399 e. The topological polar surface area (TPSA) is 38.0 Å². The molecule has 98 valence electrons. The Morgan fingerprint density at radius 2 is 2.00 bits per heavy atom. The van der Waals surface area contributed by atoms with Crippen LogP contribution in [0, 0.1) is 5.82 Å². The van der Waals surface area contributed by atoms with Crippen molar-refractivity contribution in [3.8, 4) is 0 Å². The van der Waals surface area contributed by atoms with Gasteiger partial charge in [-0.15, -0.1) is 0 Å². The number of nitrogens with two attached hydrogens (primary N) is 1. The maximum Gasteiger partial charge on any atom is 0.127 e. The Balaban J connectivity index is 1.88. The molecule has 0 heterocycles. The van der Waals surface area contributed by atoms with E-state index in [-0.39, 0.29) is 11.9 Å². The van der Waals surface area contributed by atoms with Crippen molar-refractivity contribution < 1.29 is 4.39 Å². The van der Waals surface area contributed by atoms with Gasteiger partial charge in [-0.25, -0.2) is 4.39 Å². The van der Waals surface area contributed by atoms with Crippen molar-refractivity contribution in [3.63, 3.8) is 0 Å². The second-order valence-corrected chi connectivity index (χ2v) is 5.06. The van der Waals surface area contributed by atoms with Gasteiger partial charge in [-0.2, -0.15) is 0 Å². The quantitative estimate of drug-likeness (QED) is 0.800. The molecule has 3 N–H and O–H groups in total. The van der Waals surface area contributed by atoms with Crippen LogP contribution in [-0.4, -0.2) is 0 Å². The van der Waals surface area contributed by atoms with Crippen LogP contribution in [-0.2, 0) is 6.42 Å². The summed E-state index contributed by atoms with van der Waals surface area (Å²) in [6.45, 7) is 0. The monoisotopic (exact) mass is 256 g/mol. The van der Waals surface area contributed by atoms with Crippen LogP contribution in [0.15, 0.2) is 42.5 Å². The predicted molar refractivity (Wildman–Crippen MR) is 76.6 cm³/mol. The molecule has 1 aliphatic rings. The molecule has 2 aromatic carbocycles. The second-order valence-electron chi connectivity index (χ2n) is 5.06. The fraction of sp³-hybridized carbons (Fsp3) is 0.250. The van der Waals surface area contributed by atoms with Crippen molar-refractivity contribution in [3.05, 3.63) is 59.4 Å². The minimum absolute atomic E-state index is 0.242. The lowest BCUT2D eigenvalue weighted by molar-refractivity contribution is 0.598. The van der Waals surface area contributed by atoms with Gasteiger partial charge in [0.25, 0.3) is 0 Å². The van der Waals surface area contributed by atoms with Gasteiger partial charge in [-0.1, -0.05) is 24.3 Å². The lowest BCUT2D eigenvalue weighted by Crippen LogP contribution is -2.17. The molecule has 0 saturated carbocycles. The average molecular weight is 256 g/mol. The SMILES string of the molecule is Nc1cc(F)cc(NC2CCCc3ccccc32)c1. The molecule has 0 amide bonds. The smallest absolute Gasteiger partial charge is 0.127 e. The summed E-state index contributed by atoms with van der Waals surface area (Å²) in [5, 5.41) is 3.40. The van der Waals surface area contributed by atoms with Crippen LogP contribution >= 0.6 is 0 Å². The first-order chi connectivity index (χ1) is 9.22. The first-order valence-electron chi connectivity index (χ1n) is 6.63. The van der Waals surface area contributed by atoms with E-state index in [9.17, 15) is 4.39 Å².